The van der Waals surface area contributed by atoms with Crippen LogP contribution < -0.4 is 4.74 Å². The highest BCUT2D eigenvalue weighted by molar-refractivity contribution is 7.98. The van der Waals surface area contributed by atoms with Crippen molar-refractivity contribution in [3.05, 3.63) is 23.5 Å². The fraction of sp³-hybridized carbons (Fsp3) is 0.300. The molecule has 2 nitrogen and oxygen atoms in total. The summed E-state index contributed by atoms with van der Waals surface area (Å²) >= 11 is 1.20. The first-order valence-corrected chi connectivity index (χ1v) is 5.41. The number of ether oxygens (including phenoxy) is 1. The topological polar surface area (TPSA) is 26.3 Å². The van der Waals surface area contributed by atoms with Gasteiger partial charge in [0.15, 0.2) is 17.9 Å². The van der Waals surface area contributed by atoms with Crippen LogP contribution in [0.3, 0.4) is 0 Å². The van der Waals surface area contributed by atoms with Crippen molar-refractivity contribution >= 4 is 18.0 Å². The summed E-state index contributed by atoms with van der Waals surface area (Å²) in [6, 6.07) is 3.04. The first-order chi connectivity index (χ1) is 6.74. The average Bonchev–Trinajstić information content (AvgIpc) is 2.21. The van der Waals surface area contributed by atoms with Crippen molar-refractivity contribution in [2.24, 2.45) is 0 Å². The van der Waals surface area contributed by atoms with Crippen molar-refractivity contribution in [1.82, 2.24) is 0 Å². The number of rotatable bonds is 4. The van der Waals surface area contributed by atoms with E-state index in [-0.39, 0.29) is 5.75 Å². The molecule has 0 fully saturated rings. The van der Waals surface area contributed by atoms with Crippen molar-refractivity contribution in [3.8, 4) is 5.75 Å². The van der Waals surface area contributed by atoms with Gasteiger partial charge in [0.25, 0.3) is 0 Å². The Bertz CT molecular complexity index is 339. The highest BCUT2D eigenvalue weighted by Crippen LogP contribution is 2.29. The Hall–Kier alpha value is -1.03. The standard InChI is InChI=1S/C10H11FO2S/c1-3-13-8-5-4-7(6-12)10(14-2)9(8)11/h4-6H,3H2,1-2H3. The Kier molecular flexibility index (Phi) is 3.95. The van der Waals surface area contributed by atoms with Crippen molar-refractivity contribution in [2.75, 3.05) is 12.9 Å². The van der Waals surface area contributed by atoms with E-state index in [2.05, 4.69) is 0 Å². The van der Waals surface area contributed by atoms with Crippen LogP contribution in [0.25, 0.3) is 0 Å². The van der Waals surface area contributed by atoms with Gasteiger partial charge in [0, 0.05) is 5.56 Å². The maximum Gasteiger partial charge on any atom is 0.179 e. The molecule has 0 heterocycles. The predicted octanol–water partition coefficient (Wildman–Crippen LogP) is 2.76. The quantitative estimate of drug-likeness (QED) is 0.569. The van der Waals surface area contributed by atoms with Crippen LogP contribution in [0.2, 0.25) is 0 Å². The van der Waals surface area contributed by atoms with E-state index in [4.69, 9.17) is 4.74 Å². The lowest BCUT2D eigenvalue weighted by Gasteiger charge is -2.08. The molecule has 0 saturated heterocycles. The molecule has 0 aromatic heterocycles. The third kappa shape index (κ3) is 2.07. The molecule has 0 aliphatic heterocycles. The lowest BCUT2D eigenvalue weighted by atomic mass is 10.2. The zero-order valence-electron chi connectivity index (χ0n) is 8.04. The Balaban J connectivity index is 3.20. The van der Waals surface area contributed by atoms with Crippen LogP contribution in [0.1, 0.15) is 17.3 Å². The van der Waals surface area contributed by atoms with Crippen LogP contribution in [0, 0.1) is 5.82 Å². The molecule has 0 amide bonds. The highest BCUT2D eigenvalue weighted by atomic mass is 32.2. The Morgan fingerprint density at radius 2 is 2.29 bits per heavy atom. The van der Waals surface area contributed by atoms with Gasteiger partial charge in [-0.2, -0.15) is 0 Å². The number of thioether (sulfide) groups is 1. The van der Waals surface area contributed by atoms with Crippen molar-refractivity contribution in [1.29, 1.82) is 0 Å². The summed E-state index contributed by atoms with van der Waals surface area (Å²) in [6.45, 7) is 2.19. The van der Waals surface area contributed by atoms with Gasteiger partial charge in [-0.3, -0.25) is 4.79 Å². The van der Waals surface area contributed by atoms with Crippen molar-refractivity contribution in [3.63, 3.8) is 0 Å². The van der Waals surface area contributed by atoms with E-state index >= 15 is 0 Å². The van der Waals surface area contributed by atoms with E-state index in [1.54, 1.807) is 19.2 Å². The number of carbonyl (C=O) groups excluding carboxylic acids is 1. The average molecular weight is 214 g/mol. The second-order valence-electron chi connectivity index (χ2n) is 2.55. The summed E-state index contributed by atoms with van der Waals surface area (Å²) in [6.07, 6.45) is 2.37. The molecule has 0 aliphatic carbocycles. The van der Waals surface area contributed by atoms with E-state index < -0.39 is 5.82 Å². The van der Waals surface area contributed by atoms with Gasteiger partial charge in [0.2, 0.25) is 0 Å². The normalized spacial score (nSPS) is 9.93. The van der Waals surface area contributed by atoms with Crippen molar-refractivity contribution in [2.45, 2.75) is 11.8 Å². The fourth-order valence-electron chi connectivity index (χ4n) is 1.12. The molecule has 0 unspecified atom stereocenters. The van der Waals surface area contributed by atoms with Crippen LogP contribution in [-0.4, -0.2) is 19.1 Å². The zero-order valence-corrected chi connectivity index (χ0v) is 8.86. The maximum atomic E-state index is 13.6. The van der Waals surface area contributed by atoms with Gasteiger partial charge < -0.3 is 4.74 Å². The van der Waals surface area contributed by atoms with E-state index in [1.807, 2.05) is 0 Å². The maximum absolute atomic E-state index is 13.6. The molecule has 0 saturated carbocycles. The number of hydrogen-bond donors (Lipinski definition) is 0. The lowest BCUT2D eigenvalue weighted by Crippen LogP contribution is -1.98. The summed E-state index contributed by atoms with van der Waals surface area (Å²) in [5.41, 5.74) is 0.360. The van der Waals surface area contributed by atoms with Crippen LogP contribution >= 0.6 is 11.8 Å². The number of hydrogen-bond acceptors (Lipinski definition) is 3. The predicted molar refractivity (Wildman–Crippen MR) is 54.7 cm³/mol. The van der Waals surface area contributed by atoms with Gasteiger partial charge in [-0.05, 0) is 25.3 Å². The number of aldehydes is 1. The molecule has 0 aliphatic rings. The lowest BCUT2D eigenvalue weighted by molar-refractivity contribution is 0.112. The summed E-state index contributed by atoms with van der Waals surface area (Å²) in [5.74, 6) is -0.258. The molecule has 14 heavy (non-hydrogen) atoms. The monoisotopic (exact) mass is 214 g/mol. The van der Waals surface area contributed by atoms with Gasteiger partial charge in [0.1, 0.15) is 0 Å². The largest absolute Gasteiger partial charge is 0.491 e. The summed E-state index contributed by atoms with van der Waals surface area (Å²) < 4.78 is 18.7. The molecule has 0 N–H and O–H groups in total. The van der Waals surface area contributed by atoms with E-state index in [0.29, 0.717) is 23.4 Å². The number of carbonyl (C=O) groups is 1. The Morgan fingerprint density at radius 1 is 1.57 bits per heavy atom. The summed E-state index contributed by atoms with van der Waals surface area (Å²) in [5, 5.41) is 0. The van der Waals surface area contributed by atoms with Crippen LogP contribution in [0.4, 0.5) is 4.39 Å². The van der Waals surface area contributed by atoms with Gasteiger partial charge in [0.05, 0.1) is 11.5 Å². The summed E-state index contributed by atoms with van der Waals surface area (Å²) in [4.78, 5) is 10.9. The number of halogens is 1. The SMILES string of the molecule is CCOc1ccc(C=O)c(SC)c1F. The zero-order chi connectivity index (χ0) is 10.6. The number of benzene rings is 1. The molecule has 0 spiro atoms. The first-order valence-electron chi connectivity index (χ1n) is 4.19. The van der Waals surface area contributed by atoms with Gasteiger partial charge in [-0.15, -0.1) is 11.8 Å². The Labute approximate surface area is 86.5 Å². The van der Waals surface area contributed by atoms with E-state index in [0.717, 1.165) is 0 Å². The molecule has 0 radical (unpaired) electrons. The minimum atomic E-state index is -0.455. The third-order valence-corrected chi connectivity index (χ3v) is 2.55. The Morgan fingerprint density at radius 3 is 2.79 bits per heavy atom. The molecule has 4 heteroatoms. The second kappa shape index (κ2) is 5.00. The van der Waals surface area contributed by atoms with E-state index in [9.17, 15) is 9.18 Å². The highest BCUT2D eigenvalue weighted by Gasteiger charge is 2.12. The molecule has 0 bridgehead atoms. The minimum absolute atomic E-state index is 0.197. The molecule has 1 rings (SSSR count). The van der Waals surface area contributed by atoms with Crippen molar-refractivity contribution < 1.29 is 13.9 Å². The third-order valence-electron chi connectivity index (χ3n) is 1.72. The molecule has 1 aromatic rings. The second-order valence-corrected chi connectivity index (χ2v) is 3.37. The molecule has 1 aromatic carbocycles. The molecule has 76 valence electrons. The van der Waals surface area contributed by atoms with Gasteiger partial charge in [-0.1, -0.05) is 0 Å². The van der Waals surface area contributed by atoms with Crippen LogP contribution in [0.5, 0.6) is 5.75 Å². The van der Waals surface area contributed by atoms with Gasteiger partial charge in [-0.25, -0.2) is 4.39 Å². The minimum Gasteiger partial charge on any atom is -0.491 e. The molecular formula is C10H11FO2S. The van der Waals surface area contributed by atoms with Crippen LogP contribution in [0.15, 0.2) is 17.0 Å². The van der Waals surface area contributed by atoms with E-state index in [1.165, 1.54) is 17.8 Å². The molecule has 0 atom stereocenters. The van der Waals surface area contributed by atoms with Crippen LogP contribution in [-0.2, 0) is 0 Å². The summed E-state index contributed by atoms with van der Waals surface area (Å²) in [7, 11) is 0. The smallest absolute Gasteiger partial charge is 0.179 e. The first kappa shape index (κ1) is 11.0. The fourth-order valence-corrected chi connectivity index (χ4v) is 1.75. The molecular weight excluding hydrogens is 203 g/mol. The van der Waals surface area contributed by atoms with Gasteiger partial charge >= 0.3 is 0 Å².